The molecule has 2 aliphatic rings. The van der Waals surface area contributed by atoms with Gasteiger partial charge in [0.1, 0.15) is 6.04 Å². The van der Waals surface area contributed by atoms with Crippen molar-refractivity contribution in [2.75, 3.05) is 51.7 Å². The smallest absolute Gasteiger partial charge is 0.253 e. The average Bonchev–Trinajstić information content (AvgIpc) is 2.63. The number of benzene rings is 1. The summed E-state index contributed by atoms with van der Waals surface area (Å²) >= 11 is 0. The Morgan fingerprint density at radius 2 is 1.74 bits per heavy atom. The van der Waals surface area contributed by atoms with Crippen LogP contribution >= 0.6 is 24.8 Å². The SMILES string of the molecule is C[C@H]1OCCN[C@@H]1C(=O)Nc1ccc(C(=O)N2CCN(C)CC2)cc1.Cl.Cl. The summed E-state index contributed by atoms with van der Waals surface area (Å²) in [6.45, 7) is 6.46. The lowest BCUT2D eigenvalue weighted by Crippen LogP contribution is -2.53. The lowest BCUT2D eigenvalue weighted by molar-refractivity contribution is -0.123. The maximum absolute atomic E-state index is 12.5. The number of anilines is 1. The van der Waals surface area contributed by atoms with E-state index in [4.69, 9.17) is 4.74 Å². The number of nitrogens with one attached hydrogen (secondary N) is 2. The van der Waals surface area contributed by atoms with E-state index in [2.05, 4.69) is 22.6 Å². The molecule has 3 rings (SSSR count). The molecule has 2 heterocycles. The Labute approximate surface area is 172 Å². The standard InChI is InChI=1S/C18H26N4O3.2ClH/c1-13-16(19-7-12-25-13)17(23)20-15-5-3-14(4-6-15)18(24)22-10-8-21(2)9-11-22;;/h3-6,13,16,19H,7-12H2,1-2H3,(H,20,23);2*1H/t13-,16+;;/m1../s1. The summed E-state index contributed by atoms with van der Waals surface area (Å²) in [4.78, 5) is 29.0. The first-order chi connectivity index (χ1) is 12.0. The number of hydrogen-bond donors (Lipinski definition) is 2. The molecule has 1 aromatic rings. The first-order valence-electron chi connectivity index (χ1n) is 8.78. The van der Waals surface area contributed by atoms with Gasteiger partial charge in [-0.25, -0.2) is 0 Å². The molecule has 0 aromatic heterocycles. The molecule has 2 aliphatic heterocycles. The molecule has 0 radical (unpaired) electrons. The minimum absolute atomic E-state index is 0. The summed E-state index contributed by atoms with van der Waals surface area (Å²) in [6, 6.07) is 6.72. The largest absolute Gasteiger partial charge is 0.375 e. The molecule has 2 N–H and O–H groups in total. The van der Waals surface area contributed by atoms with Gasteiger partial charge in [-0.1, -0.05) is 0 Å². The normalized spacial score (nSPS) is 23.0. The van der Waals surface area contributed by atoms with E-state index in [0.717, 1.165) is 26.2 Å². The predicted molar refractivity (Wildman–Crippen MR) is 110 cm³/mol. The molecule has 0 unspecified atom stereocenters. The molecule has 7 nitrogen and oxygen atoms in total. The molecule has 1 aromatic carbocycles. The molecule has 2 saturated heterocycles. The molecular formula is C18H28Cl2N4O3. The highest BCUT2D eigenvalue weighted by Gasteiger charge is 2.28. The fourth-order valence-corrected chi connectivity index (χ4v) is 3.14. The molecule has 152 valence electrons. The van der Waals surface area contributed by atoms with Crippen LogP contribution in [0.15, 0.2) is 24.3 Å². The van der Waals surface area contributed by atoms with E-state index in [-0.39, 0.29) is 48.8 Å². The zero-order chi connectivity index (χ0) is 17.8. The van der Waals surface area contributed by atoms with Gasteiger partial charge in [-0.2, -0.15) is 0 Å². The van der Waals surface area contributed by atoms with Crippen molar-refractivity contribution < 1.29 is 14.3 Å². The van der Waals surface area contributed by atoms with Crippen molar-refractivity contribution in [3.63, 3.8) is 0 Å². The van der Waals surface area contributed by atoms with E-state index >= 15 is 0 Å². The van der Waals surface area contributed by atoms with Crippen LogP contribution in [0.2, 0.25) is 0 Å². The number of rotatable bonds is 3. The third-order valence-corrected chi connectivity index (χ3v) is 4.79. The highest BCUT2D eigenvalue weighted by Crippen LogP contribution is 2.14. The first kappa shape index (κ1) is 23.7. The average molecular weight is 419 g/mol. The lowest BCUT2D eigenvalue weighted by Gasteiger charge is -2.32. The molecule has 0 saturated carbocycles. The third-order valence-electron chi connectivity index (χ3n) is 4.79. The van der Waals surface area contributed by atoms with Crippen LogP contribution in [0.4, 0.5) is 5.69 Å². The van der Waals surface area contributed by atoms with Gasteiger partial charge < -0.3 is 25.2 Å². The van der Waals surface area contributed by atoms with Gasteiger partial charge in [0, 0.05) is 44.0 Å². The van der Waals surface area contributed by atoms with Crippen LogP contribution in [0.3, 0.4) is 0 Å². The van der Waals surface area contributed by atoms with Gasteiger partial charge in [-0.05, 0) is 38.2 Å². The molecule has 0 spiro atoms. The second kappa shape index (κ2) is 10.8. The number of piperazine rings is 1. The number of amides is 2. The number of likely N-dealkylation sites (N-methyl/N-ethyl adjacent to an activating group) is 1. The molecule has 0 aliphatic carbocycles. The summed E-state index contributed by atoms with van der Waals surface area (Å²) in [5.41, 5.74) is 1.33. The van der Waals surface area contributed by atoms with Gasteiger partial charge in [0.25, 0.3) is 5.91 Å². The summed E-state index contributed by atoms with van der Waals surface area (Å²) in [7, 11) is 2.06. The molecule has 27 heavy (non-hydrogen) atoms. The fraction of sp³-hybridized carbons (Fsp3) is 0.556. The minimum atomic E-state index is -0.361. The number of nitrogens with zero attached hydrogens (tertiary/aromatic N) is 2. The van der Waals surface area contributed by atoms with Crippen molar-refractivity contribution in [1.29, 1.82) is 0 Å². The van der Waals surface area contributed by atoms with Gasteiger partial charge in [0.15, 0.2) is 0 Å². The van der Waals surface area contributed by atoms with Crippen molar-refractivity contribution in [3.8, 4) is 0 Å². The van der Waals surface area contributed by atoms with Gasteiger partial charge in [0.05, 0.1) is 12.7 Å². The van der Waals surface area contributed by atoms with Gasteiger partial charge in [-0.15, -0.1) is 24.8 Å². The topological polar surface area (TPSA) is 73.9 Å². The van der Waals surface area contributed by atoms with Crippen molar-refractivity contribution >= 4 is 42.3 Å². The zero-order valence-electron chi connectivity index (χ0n) is 15.6. The molecule has 0 bridgehead atoms. The van der Waals surface area contributed by atoms with Gasteiger partial charge in [-0.3, -0.25) is 9.59 Å². The van der Waals surface area contributed by atoms with Crippen molar-refractivity contribution in [1.82, 2.24) is 15.1 Å². The summed E-state index contributed by atoms with van der Waals surface area (Å²) < 4.78 is 5.50. The maximum atomic E-state index is 12.5. The number of halogens is 2. The lowest BCUT2D eigenvalue weighted by atomic mass is 10.1. The number of carbonyl (C=O) groups excluding carboxylic acids is 2. The Kier molecular flexibility index (Phi) is 9.49. The number of hydrogen-bond acceptors (Lipinski definition) is 5. The number of carbonyl (C=O) groups is 2. The van der Waals surface area contributed by atoms with E-state index in [1.54, 1.807) is 24.3 Å². The molecule has 2 fully saturated rings. The van der Waals surface area contributed by atoms with Crippen molar-refractivity contribution in [2.45, 2.75) is 19.1 Å². The van der Waals surface area contributed by atoms with Crippen LogP contribution in [0.1, 0.15) is 17.3 Å². The Morgan fingerprint density at radius 3 is 2.33 bits per heavy atom. The summed E-state index contributed by atoms with van der Waals surface area (Å²) in [6.07, 6.45) is -0.160. The highest BCUT2D eigenvalue weighted by atomic mass is 35.5. The summed E-state index contributed by atoms with van der Waals surface area (Å²) in [5.74, 6) is -0.0766. The molecule has 2 amide bonds. The Morgan fingerprint density at radius 1 is 1.11 bits per heavy atom. The fourth-order valence-electron chi connectivity index (χ4n) is 3.14. The Bertz CT molecular complexity index is 622. The van der Waals surface area contributed by atoms with E-state index in [0.29, 0.717) is 24.4 Å². The van der Waals surface area contributed by atoms with Crippen LogP contribution in [0.25, 0.3) is 0 Å². The first-order valence-corrected chi connectivity index (χ1v) is 8.78. The molecule has 9 heteroatoms. The van der Waals surface area contributed by atoms with Crippen LogP contribution in [0, 0.1) is 0 Å². The van der Waals surface area contributed by atoms with E-state index in [1.165, 1.54) is 0 Å². The Hall–Kier alpha value is -1.38. The van der Waals surface area contributed by atoms with Crippen LogP contribution in [-0.2, 0) is 9.53 Å². The van der Waals surface area contributed by atoms with Crippen LogP contribution in [-0.4, -0.2) is 80.1 Å². The predicted octanol–water partition coefficient (Wildman–Crippen LogP) is 1.23. The minimum Gasteiger partial charge on any atom is -0.375 e. The number of ether oxygens (including phenoxy) is 1. The highest BCUT2D eigenvalue weighted by molar-refractivity contribution is 5.97. The van der Waals surface area contributed by atoms with Gasteiger partial charge >= 0.3 is 0 Å². The van der Waals surface area contributed by atoms with E-state index < -0.39 is 0 Å². The molecule has 2 atom stereocenters. The van der Waals surface area contributed by atoms with Gasteiger partial charge in [0.2, 0.25) is 5.91 Å². The second-order valence-electron chi connectivity index (χ2n) is 6.67. The molecular weight excluding hydrogens is 391 g/mol. The monoisotopic (exact) mass is 418 g/mol. The zero-order valence-corrected chi connectivity index (χ0v) is 17.3. The quantitative estimate of drug-likeness (QED) is 0.771. The number of morpholine rings is 1. The van der Waals surface area contributed by atoms with Crippen LogP contribution < -0.4 is 10.6 Å². The second-order valence-corrected chi connectivity index (χ2v) is 6.67. The van der Waals surface area contributed by atoms with E-state index in [9.17, 15) is 9.59 Å². The maximum Gasteiger partial charge on any atom is 0.253 e. The van der Waals surface area contributed by atoms with E-state index in [1.807, 2.05) is 11.8 Å². The van der Waals surface area contributed by atoms with Crippen molar-refractivity contribution in [3.05, 3.63) is 29.8 Å². The third kappa shape index (κ3) is 6.05. The Balaban J connectivity index is 0.00000182. The van der Waals surface area contributed by atoms with Crippen LogP contribution in [0.5, 0.6) is 0 Å². The van der Waals surface area contributed by atoms with Crippen molar-refractivity contribution in [2.24, 2.45) is 0 Å². The summed E-state index contributed by atoms with van der Waals surface area (Å²) in [5, 5.41) is 6.04.